The fraction of sp³-hybridized carbons (Fsp3) is 0.111. The Bertz CT molecular complexity index is 577. The van der Waals surface area contributed by atoms with Crippen molar-refractivity contribution < 1.29 is 4.74 Å². The van der Waals surface area contributed by atoms with Gasteiger partial charge in [-0.3, -0.25) is 0 Å². The van der Waals surface area contributed by atoms with Gasteiger partial charge in [0.2, 0.25) is 0 Å². The van der Waals surface area contributed by atoms with Crippen LogP contribution in [-0.2, 0) is 12.8 Å². The molecule has 2 aromatic rings. The average molecular weight is 502 g/mol. The molecule has 0 bridgehead atoms. The number of benzene rings is 2. The summed E-state index contributed by atoms with van der Waals surface area (Å²) in [7, 11) is 0. The molecular weight excluding hydrogens is 486 g/mol. The van der Waals surface area contributed by atoms with Crippen molar-refractivity contribution in [2.24, 2.45) is 0 Å². The lowest BCUT2D eigenvalue weighted by Crippen LogP contribution is -1.94. The monoisotopic (exact) mass is 502 g/mol. The highest BCUT2D eigenvalue weighted by atomic mass is 127. The van der Waals surface area contributed by atoms with Gasteiger partial charge in [-0.25, -0.2) is 0 Å². The van der Waals surface area contributed by atoms with Gasteiger partial charge in [0.1, 0.15) is 11.5 Å². The number of ether oxygens (including phenoxy) is 1. The van der Waals surface area contributed by atoms with E-state index in [0.717, 1.165) is 24.3 Å². The smallest absolute Gasteiger partial charge is 0.130 e. The van der Waals surface area contributed by atoms with E-state index in [-0.39, 0.29) is 0 Å². The maximum atomic E-state index is 6.16. The maximum Gasteiger partial charge on any atom is 0.130 e. The second-order valence-electron chi connectivity index (χ2n) is 4.45. The van der Waals surface area contributed by atoms with Crippen molar-refractivity contribution in [1.29, 1.82) is 0 Å². The summed E-state index contributed by atoms with van der Waals surface area (Å²) in [4.78, 5) is 0. The number of hydrogen-bond acceptors (Lipinski definition) is 1. The fourth-order valence-corrected chi connectivity index (χ4v) is 2.51. The van der Waals surface area contributed by atoms with Crippen molar-refractivity contribution in [3.63, 3.8) is 0 Å². The molecule has 0 saturated heterocycles. The Morgan fingerprint density at radius 2 is 1.14 bits per heavy atom. The molecule has 2 rings (SSSR count). The Kier molecular flexibility index (Phi) is 7.29. The predicted molar refractivity (Wildman–Crippen MR) is 107 cm³/mol. The lowest BCUT2D eigenvalue weighted by molar-refractivity contribution is 0.473. The van der Waals surface area contributed by atoms with Crippen LogP contribution in [0.2, 0.25) is 0 Å². The van der Waals surface area contributed by atoms with Crippen molar-refractivity contribution in [2.45, 2.75) is 12.8 Å². The van der Waals surface area contributed by atoms with Gasteiger partial charge >= 0.3 is 0 Å². The summed E-state index contributed by atoms with van der Waals surface area (Å²) in [5.41, 5.74) is 2.40. The number of para-hydroxylation sites is 2. The third-order valence-corrected chi connectivity index (χ3v) is 4.04. The highest BCUT2D eigenvalue weighted by molar-refractivity contribution is 14.1. The Labute approximate surface area is 153 Å². The summed E-state index contributed by atoms with van der Waals surface area (Å²) < 4.78 is 10.2. The maximum absolute atomic E-state index is 6.16. The van der Waals surface area contributed by atoms with E-state index in [1.54, 1.807) is 0 Å². The second kappa shape index (κ2) is 9.25. The van der Waals surface area contributed by atoms with Gasteiger partial charge in [-0.2, -0.15) is 0 Å². The van der Waals surface area contributed by atoms with Crippen LogP contribution in [0.15, 0.2) is 68.8 Å². The molecule has 0 radical (unpaired) electrons. The Morgan fingerprint density at radius 1 is 0.714 bits per heavy atom. The average Bonchev–Trinajstić information content (AvgIpc) is 2.53. The molecule has 0 aromatic heterocycles. The van der Waals surface area contributed by atoms with Crippen molar-refractivity contribution in [3.8, 4) is 11.5 Å². The Balaban J connectivity index is 2.26. The van der Waals surface area contributed by atoms with Crippen molar-refractivity contribution in [1.82, 2.24) is 0 Å². The van der Waals surface area contributed by atoms with Crippen LogP contribution in [0.4, 0.5) is 0 Å². The quantitative estimate of drug-likeness (QED) is 0.412. The lowest BCUT2D eigenvalue weighted by Gasteiger charge is -2.13. The molecule has 3 heteroatoms. The topological polar surface area (TPSA) is 9.23 Å². The van der Waals surface area contributed by atoms with Crippen LogP contribution in [-0.4, -0.2) is 0 Å². The molecule has 21 heavy (non-hydrogen) atoms. The second-order valence-corrected chi connectivity index (χ2v) is 5.89. The molecule has 0 heterocycles. The van der Waals surface area contributed by atoms with E-state index in [0.29, 0.717) is 0 Å². The number of halogens is 2. The minimum Gasteiger partial charge on any atom is -0.457 e. The molecule has 2 aromatic carbocycles. The fourth-order valence-electron chi connectivity index (χ4n) is 2.01. The third kappa shape index (κ3) is 5.14. The van der Waals surface area contributed by atoms with Gasteiger partial charge < -0.3 is 4.74 Å². The van der Waals surface area contributed by atoms with Gasteiger partial charge in [-0.05, 0) is 44.3 Å². The van der Waals surface area contributed by atoms with E-state index < -0.39 is 0 Å². The van der Waals surface area contributed by atoms with E-state index in [9.17, 15) is 0 Å². The Hall–Kier alpha value is -0.820. The molecule has 0 aliphatic rings. The molecule has 0 aliphatic heterocycles. The summed E-state index contributed by atoms with van der Waals surface area (Å²) in [6, 6.07) is 16.4. The van der Waals surface area contributed by atoms with Crippen LogP contribution in [0.25, 0.3) is 0 Å². The minimum atomic E-state index is 0.884. The molecule has 0 aliphatic carbocycles. The first-order chi connectivity index (χ1) is 10.3. The molecule has 0 spiro atoms. The molecular formula is C18H16I2O. The highest BCUT2D eigenvalue weighted by Gasteiger charge is 2.06. The van der Waals surface area contributed by atoms with Crippen molar-refractivity contribution >= 4 is 45.2 Å². The van der Waals surface area contributed by atoms with Gasteiger partial charge in [0.05, 0.1) is 0 Å². The number of rotatable bonds is 6. The Morgan fingerprint density at radius 3 is 1.57 bits per heavy atom. The summed E-state index contributed by atoms with van der Waals surface area (Å²) in [5.74, 6) is 1.86. The zero-order valence-electron chi connectivity index (χ0n) is 11.5. The first kappa shape index (κ1) is 16.5. The summed E-state index contributed by atoms with van der Waals surface area (Å²) >= 11 is 4.48. The van der Waals surface area contributed by atoms with Gasteiger partial charge in [0, 0.05) is 0 Å². The summed E-state index contributed by atoms with van der Waals surface area (Å²) in [6.07, 6.45) is 6.03. The number of allylic oxidation sites excluding steroid dienone is 2. The van der Waals surface area contributed by atoms with E-state index in [2.05, 4.69) is 69.5 Å². The van der Waals surface area contributed by atoms with E-state index >= 15 is 0 Å². The SMILES string of the molecule is IC=CCc1ccccc1Oc1ccccc1CC=CI. The minimum absolute atomic E-state index is 0.884. The zero-order valence-corrected chi connectivity index (χ0v) is 15.8. The zero-order chi connectivity index (χ0) is 14.9. The van der Waals surface area contributed by atoms with Crippen LogP contribution in [0.1, 0.15) is 11.1 Å². The third-order valence-electron chi connectivity index (χ3n) is 3.02. The first-order valence-electron chi connectivity index (χ1n) is 6.69. The van der Waals surface area contributed by atoms with Crippen LogP contribution in [0, 0.1) is 0 Å². The van der Waals surface area contributed by atoms with E-state index in [1.807, 2.05) is 44.6 Å². The van der Waals surface area contributed by atoms with Crippen molar-refractivity contribution in [2.75, 3.05) is 0 Å². The molecule has 0 fully saturated rings. The summed E-state index contributed by atoms with van der Waals surface area (Å²) in [5, 5.41) is 0. The van der Waals surface area contributed by atoms with Crippen LogP contribution < -0.4 is 4.74 Å². The van der Waals surface area contributed by atoms with Crippen LogP contribution >= 0.6 is 45.2 Å². The standard InChI is InChI=1S/C18H16I2O/c19-13-5-9-15-7-1-3-11-17(15)21-18-12-4-2-8-16(18)10-6-14-20/h1-8,11-14H,9-10H2. The molecule has 1 nitrogen and oxygen atoms in total. The molecule has 108 valence electrons. The van der Waals surface area contributed by atoms with E-state index in [1.165, 1.54) is 11.1 Å². The summed E-state index contributed by atoms with van der Waals surface area (Å²) in [6.45, 7) is 0. The van der Waals surface area contributed by atoms with Crippen LogP contribution in [0.3, 0.4) is 0 Å². The first-order valence-corrected chi connectivity index (χ1v) is 9.18. The number of hydrogen-bond donors (Lipinski definition) is 0. The van der Waals surface area contributed by atoms with Gasteiger partial charge in [-0.15, -0.1) is 0 Å². The molecule has 0 atom stereocenters. The predicted octanol–water partition coefficient (Wildman–Crippen LogP) is 6.46. The van der Waals surface area contributed by atoms with Gasteiger partial charge in [0.25, 0.3) is 0 Å². The lowest BCUT2D eigenvalue weighted by atomic mass is 10.1. The van der Waals surface area contributed by atoms with Crippen molar-refractivity contribution in [3.05, 3.63) is 80.0 Å². The van der Waals surface area contributed by atoms with E-state index in [4.69, 9.17) is 4.74 Å². The van der Waals surface area contributed by atoms with Gasteiger partial charge in [0.15, 0.2) is 0 Å². The molecule has 0 saturated carbocycles. The molecule has 0 N–H and O–H groups in total. The normalized spacial score (nSPS) is 11.3. The molecule has 0 unspecified atom stereocenters. The van der Waals surface area contributed by atoms with Gasteiger partial charge in [-0.1, -0.05) is 93.7 Å². The largest absolute Gasteiger partial charge is 0.457 e. The highest BCUT2D eigenvalue weighted by Crippen LogP contribution is 2.29. The van der Waals surface area contributed by atoms with Crippen LogP contribution in [0.5, 0.6) is 11.5 Å². The molecule has 0 amide bonds.